The molecular weight excluding hydrogens is 236 g/mol. The van der Waals surface area contributed by atoms with Crippen molar-refractivity contribution in [1.82, 2.24) is 4.98 Å². The number of nitrogens with one attached hydrogen (secondary N) is 1. The second kappa shape index (κ2) is 5.42. The highest BCUT2D eigenvalue weighted by Crippen LogP contribution is 2.29. The number of hydrogen-bond donors (Lipinski definition) is 1. The third kappa shape index (κ3) is 2.61. The summed E-state index contributed by atoms with van der Waals surface area (Å²) < 4.78 is 34.9. The first kappa shape index (κ1) is 13.1. The van der Waals surface area contributed by atoms with Crippen LogP contribution in [0.25, 0.3) is 0 Å². The number of carbonyl (C=O) groups is 1. The van der Waals surface area contributed by atoms with Gasteiger partial charge >= 0.3 is 5.97 Å². The van der Waals surface area contributed by atoms with Crippen LogP contribution in [-0.4, -0.2) is 24.7 Å². The molecule has 7 heteroatoms. The average Bonchev–Trinajstić information content (AvgIpc) is 2.28. The van der Waals surface area contributed by atoms with Crippen LogP contribution in [0.2, 0.25) is 0 Å². The molecule has 1 aromatic rings. The van der Waals surface area contributed by atoms with E-state index in [0.717, 1.165) is 13.3 Å². The van der Waals surface area contributed by atoms with E-state index in [1.165, 1.54) is 6.92 Å². The van der Waals surface area contributed by atoms with Crippen LogP contribution in [0.4, 0.5) is 8.78 Å². The lowest BCUT2D eigenvalue weighted by atomic mass is 10.1. The summed E-state index contributed by atoms with van der Waals surface area (Å²) in [4.78, 5) is 25.0. The number of aromatic nitrogens is 1. The molecule has 1 N–H and O–H groups in total. The Balaban J connectivity index is 3.44. The fraction of sp³-hybridized carbons (Fsp3) is 0.400. The summed E-state index contributed by atoms with van der Waals surface area (Å²) in [6.07, 6.45) is -2.03. The second-order valence-corrected chi connectivity index (χ2v) is 3.00. The van der Waals surface area contributed by atoms with Crippen molar-refractivity contribution in [3.05, 3.63) is 27.7 Å². The van der Waals surface area contributed by atoms with Crippen molar-refractivity contribution in [2.75, 3.05) is 13.7 Å². The first-order valence-corrected chi connectivity index (χ1v) is 4.77. The van der Waals surface area contributed by atoms with Crippen LogP contribution < -0.4 is 10.3 Å². The smallest absolute Gasteiger partial charge is 0.344 e. The zero-order chi connectivity index (χ0) is 13.0. The third-order valence-electron chi connectivity index (χ3n) is 2.01. The lowest BCUT2D eigenvalue weighted by Crippen LogP contribution is -2.23. The van der Waals surface area contributed by atoms with Crippen LogP contribution in [-0.2, 0) is 4.74 Å². The van der Waals surface area contributed by atoms with Gasteiger partial charge in [-0.15, -0.1) is 0 Å². The minimum atomic E-state index is -3.01. The zero-order valence-corrected chi connectivity index (χ0v) is 9.25. The number of esters is 1. The highest BCUT2D eigenvalue weighted by Gasteiger charge is 2.27. The molecule has 0 saturated heterocycles. The molecule has 0 aliphatic heterocycles. The van der Waals surface area contributed by atoms with Gasteiger partial charge in [0.2, 0.25) is 0 Å². The van der Waals surface area contributed by atoms with Crippen LogP contribution in [0.15, 0.2) is 11.0 Å². The molecule has 5 nitrogen and oxygen atoms in total. The molecule has 0 aliphatic rings. The molecule has 1 heterocycles. The molecule has 0 saturated carbocycles. The number of H-pyrrole nitrogens is 1. The summed E-state index contributed by atoms with van der Waals surface area (Å²) in [5.41, 5.74) is -2.41. The maximum atomic E-state index is 12.8. The number of alkyl halides is 2. The number of hydrogen-bond acceptors (Lipinski definition) is 4. The molecule has 94 valence electrons. The standard InChI is InChI=1S/C10H11F2NO4/c1-3-17-10(15)7-6(8(11)12)5(16-2)4-13-9(7)14/h4,8H,3H2,1-2H3,(H,13,14). The Labute approximate surface area is 95.4 Å². The summed E-state index contributed by atoms with van der Waals surface area (Å²) in [7, 11) is 1.16. The number of carbonyl (C=O) groups excluding carboxylic acids is 1. The maximum Gasteiger partial charge on any atom is 0.344 e. The van der Waals surface area contributed by atoms with E-state index in [2.05, 4.69) is 14.5 Å². The predicted octanol–water partition coefficient (Wildman–Crippen LogP) is 1.50. The van der Waals surface area contributed by atoms with Crippen molar-refractivity contribution in [2.24, 2.45) is 0 Å². The van der Waals surface area contributed by atoms with E-state index in [1.807, 2.05) is 0 Å². The Morgan fingerprint density at radius 1 is 1.53 bits per heavy atom. The van der Waals surface area contributed by atoms with Crippen molar-refractivity contribution in [2.45, 2.75) is 13.3 Å². The Hall–Kier alpha value is -1.92. The number of rotatable bonds is 4. The first-order chi connectivity index (χ1) is 8.02. The van der Waals surface area contributed by atoms with E-state index in [4.69, 9.17) is 0 Å². The van der Waals surface area contributed by atoms with Crippen LogP contribution in [0.3, 0.4) is 0 Å². The van der Waals surface area contributed by atoms with E-state index >= 15 is 0 Å². The number of ether oxygens (including phenoxy) is 2. The molecule has 0 aromatic carbocycles. The molecule has 0 fully saturated rings. The van der Waals surface area contributed by atoms with Crippen molar-refractivity contribution in [3.8, 4) is 5.75 Å². The predicted molar refractivity (Wildman–Crippen MR) is 54.5 cm³/mol. The minimum Gasteiger partial charge on any atom is -0.495 e. The number of aromatic amines is 1. The molecule has 1 rings (SSSR count). The molecule has 0 amide bonds. The van der Waals surface area contributed by atoms with Crippen molar-refractivity contribution in [3.63, 3.8) is 0 Å². The van der Waals surface area contributed by atoms with Gasteiger partial charge in [-0.2, -0.15) is 0 Å². The summed E-state index contributed by atoms with van der Waals surface area (Å²) in [6, 6.07) is 0. The fourth-order valence-corrected chi connectivity index (χ4v) is 1.32. The molecule has 0 unspecified atom stereocenters. The van der Waals surface area contributed by atoms with Crippen molar-refractivity contribution < 1.29 is 23.0 Å². The van der Waals surface area contributed by atoms with Gasteiger partial charge in [0.05, 0.1) is 19.3 Å². The summed E-state index contributed by atoms with van der Waals surface area (Å²) in [5.74, 6) is -1.36. The largest absolute Gasteiger partial charge is 0.495 e. The van der Waals surface area contributed by atoms with Gasteiger partial charge in [0.25, 0.3) is 12.0 Å². The minimum absolute atomic E-state index is 0.0157. The summed E-state index contributed by atoms with van der Waals surface area (Å²) in [5, 5.41) is 0. The van der Waals surface area contributed by atoms with Gasteiger partial charge in [-0.05, 0) is 6.92 Å². The summed E-state index contributed by atoms with van der Waals surface area (Å²) >= 11 is 0. The zero-order valence-electron chi connectivity index (χ0n) is 9.25. The van der Waals surface area contributed by atoms with E-state index in [9.17, 15) is 18.4 Å². The molecule has 0 bridgehead atoms. The van der Waals surface area contributed by atoms with Crippen molar-refractivity contribution >= 4 is 5.97 Å². The Bertz CT molecular complexity index is 470. The van der Waals surface area contributed by atoms with Gasteiger partial charge < -0.3 is 14.5 Å². The third-order valence-corrected chi connectivity index (χ3v) is 2.01. The van der Waals surface area contributed by atoms with Gasteiger partial charge in [-0.1, -0.05) is 0 Å². The molecule has 1 aromatic heterocycles. The van der Waals surface area contributed by atoms with E-state index in [1.54, 1.807) is 0 Å². The van der Waals surface area contributed by atoms with E-state index < -0.39 is 29.1 Å². The Kier molecular flexibility index (Phi) is 4.19. The second-order valence-electron chi connectivity index (χ2n) is 3.00. The molecule has 0 atom stereocenters. The molecule has 0 spiro atoms. The summed E-state index contributed by atoms with van der Waals surface area (Å²) in [6.45, 7) is 1.49. The first-order valence-electron chi connectivity index (χ1n) is 4.77. The average molecular weight is 247 g/mol. The highest BCUT2D eigenvalue weighted by atomic mass is 19.3. The topological polar surface area (TPSA) is 68.4 Å². The van der Waals surface area contributed by atoms with Crippen molar-refractivity contribution in [1.29, 1.82) is 0 Å². The molecule has 0 aliphatic carbocycles. The van der Waals surface area contributed by atoms with E-state index in [0.29, 0.717) is 0 Å². The number of halogens is 2. The molecular formula is C10H11F2NO4. The maximum absolute atomic E-state index is 12.8. The van der Waals surface area contributed by atoms with Gasteiger partial charge in [0, 0.05) is 6.20 Å². The van der Waals surface area contributed by atoms with Gasteiger partial charge in [0.15, 0.2) is 0 Å². The SMILES string of the molecule is CCOC(=O)c1c(C(F)F)c(OC)c[nH]c1=O. The van der Waals surface area contributed by atoms with Gasteiger partial charge in [-0.3, -0.25) is 4.79 Å². The monoisotopic (exact) mass is 247 g/mol. The molecule has 0 radical (unpaired) electrons. The normalized spacial score (nSPS) is 10.4. The fourth-order valence-electron chi connectivity index (χ4n) is 1.32. The number of pyridine rings is 1. The highest BCUT2D eigenvalue weighted by molar-refractivity contribution is 5.91. The van der Waals surface area contributed by atoms with Crippen LogP contribution in [0, 0.1) is 0 Å². The Morgan fingerprint density at radius 3 is 2.65 bits per heavy atom. The van der Waals surface area contributed by atoms with Crippen LogP contribution >= 0.6 is 0 Å². The van der Waals surface area contributed by atoms with Crippen LogP contribution in [0.1, 0.15) is 29.3 Å². The Morgan fingerprint density at radius 2 is 2.18 bits per heavy atom. The lowest BCUT2D eigenvalue weighted by molar-refractivity contribution is 0.0511. The molecule has 17 heavy (non-hydrogen) atoms. The van der Waals surface area contributed by atoms with Gasteiger partial charge in [0.1, 0.15) is 11.3 Å². The lowest BCUT2D eigenvalue weighted by Gasteiger charge is -2.11. The van der Waals surface area contributed by atoms with Gasteiger partial charge in [-0.25, -0.2) is 13.6 Å². The number of methoxy groups -OCH3 is 1. The van der Waals surface area contributed by atoms with Crippen LogP contribution in [0.5, 0.6) is 5.75 Å². The van der Waals surface area contributed by atoms with E-state index in [-0.39, 0.29) is 12.4 Å². The quantitative estimate of drug-likeness (QED) is 0.818.